The standard InChI is InChI=1S/C14H21N3O4S/c1-16-9-11(8-15-16)22(19,20)17-12-6-4-3-5-10(12)7-13(17)14(18)21-2/h8-10,12-13H,3-7H2,1-2H3. The molecule has 0 radical (unpaired) electrons. The quantitative estimate of drug-likeness (QED) is 0.771. The second-order valence-corrected chi connectivity index (χ2v) is 7.91. The van der Waals surface area contributed by atoms with Crippen molar-refractivity contribution >= 4 is 16.0 Å². The molecule has 1 aliphatic heterocycles. The summed E-state index contributed by atoms with van der Waals surface area (Å²) in [6.45, 7) is 0. The molecule has 2 heterocycles. The molecule has 1 saturated carbocycles. The molecule has 2 aliphatic rings. The van der Waals surface area contributed by atoms with E-state index >= 15 is 0 Å². The zero-order valence-corrected chi connectivity index (χ0v) is 13.6. The third-order valence-electron chi connectivity index (χ3n) is 4.76. The maximum Gasteiger partial charge on any atom is 0.324 e. The maximum atomic E-state index is 13.0. The van der Waals surface area contributed by atoms with E-state index in [1.165, 1.54) is 28.5 Å². The number of methoxy groups -OCH3 is 1. The van der Waals surface area contributed by atoms with Gasteiger partial charge in [0.2, 0.25) is 10.0 Å². The van der Waals surface area contributed by atoms with Crippen molar-refractivity contribution in [2.45, 2.75) is 49.1 Å². The average Bonchev–Trinajstić information content (AvgIpc) is 3.10. The Bertz CT molecular complexity index is 669. The van der Waals surface area contributed by atoms with Crippen LogP contribution in [0.3, 0.4) is 0 Å². The van der Waals surface area contributed by atoms with Gasteiger partial charge in [-0.3, -0.25) is 9.48 Å². The Morgan fingerprint density at radius 2 is 2.09 bits per heavy atom. The van der Waals surface area contributed by atoms with E-state index in [1.807, 2.05) is 0 Å². The minimum absolute atomic E-state index is 0.108. The number of rotatable bonds is 3. The van der Waals surface area contributed by atoms with Gasteiger partial charge in [-0.05, 0) is 25.2 Å². The summed E-state index contributed by atoms with van der Waals surface area (Å²) in [4.78, 5) is 12.2. The number of carbonyl (C=O) groups is 1. The Hall–Kier alpha value is -1.41. The van der Waals surface area contributed by atoms with E-state index in [9.17, 15) is 13.2 Å². The summed E-state index contributed by atoms with van der Waals surface area (Å²) < 4.78 is 33.7. The molecular weight excluding hydrogens is 306 g/mol. The lowest BCUT2D eigenvalue weighted by molar-refractivity contribution is -0.144. The van der Waals surface area contributed by atoms with Gasteiger partial charge < -0.3 is 4.74 Å². The lowest BCUT2D eigenvalue weighted by atomic mass is 9.85. The average molecular weight is 327 g/mol. The number of aryl methyl sites for hydroxylation is 1. The van der Waals surface area contributed by atoms with E-state index in [2.05, 4.69) is 5.10 Å². The molecule has 2 fully saturated rings. The monoisotopic (exact) mass is 327 g/mol. The van der Waals surface area contributed by atoms with Gasteiger partial charge in [-0.15, -0.1) is 0 Å². The van der Waals surface area contributed by atoms with Crippen molar-refractivity contribution < 1.29 is 17.9 Å². The first-order valence-corrected chi connectivity index (χ1v) is 8.99. The van der Waals surface area contributed by atoms with Crippen molar-refractivity contribution in [2.24, 2.45) is 13.0 Å². The number of hydrogen-bond donors (Lipinski definition) is 0. The molecule has 1 aliphatic carbocycles. The second kappa shape index (κ2) is 5.66. The second-order valence-electron chi connectivity index (χ2n) is 6.07. The first kappa shape index (κ1) is 15.5. The van der Waals surface area contributed by atoms with Gasteiger partial charge in [-0.25, -0.2) is 8.42 Å². The van der Waals surface area contributed by atoms with E-state index in [-0.39, 0.29) is 16.9 Å². The highest BCUT2D eigenvalue weighted by Crippen LogP contribution is 2.42. The van der Waals surface area contributed by atoms with Crippen molar-refractivity contribution in [1.29, 1.82) is 0 Å². The van der Waals surface area contributed by atoms with Crippen molar-refractivity contribution in [2.75, 3.05) is 7.11 Å². The van der Waals surface area contributed by atoms with Crippen LogP contribution in [0.5, 0.6) is 0 Å². The third-order valence-corrected chi connectivity index (χ3v) is 6.65. The van der Waals surface area contributed by atoms with Gasteiger partial charge >= 0.3 is 5.97 Å². The van der Waals surface area contributed by atoms with Crippen LogP contribution in [-0.2, 0) is 26.6 Å². The van der Waals surface area contributed by atoms with E-state index in [1.54, 1.807) is 7.05 Å². The predicted molar refractivity (Wildman–Crippen MR) is 78.4 cm³/mol. The SMILES string of the molecule is COC(=O)C1CC2CCCCC2N1S(=O)(=O)c1cnn(C)c1. The van der Waals surface area contributed by atoms with Crippen LogP contribution in [-0.4, -0.2) is 47.7 Å². The number of sulfonamides is 1. The van der Waals surface area contributed by atoms with Crippen molar-refractivity contribution in [1.82, 2.24) is 14.1 Å². The number of ether oxygens (including phenoxy) is 1. The highest BCUT2D eigenvalue weighted by molar-refractivity contribution is 7.89. The number of hydrogen-bond acceptors (Lipinski definition) is 5. The molecule has 0 amide bonds. The molecule has 8 heteroatoms. The summed E-state index contributed by atoms with van der Waals surface area (Å²) in [5.74, 6) is -0.230. The fourth-order valence-electron chi connectivity index (χ4n) is 3.76. The van der Waals surface area contributed by atoms with E-state index < -0.39 is 22.0 Å². The predicted octanol–water partition coefficient (Wildman–Crippen LogP) is 0.915. The van der Waals surface area contributed by atoms with Crippen LogP contribution in [0.4, 0.5) is 0 Å². The molecule has 22 heavy (non-hydrogen) atoms. The molecule has 3 unspecified atom stereocenters. The van der Waals surface area contributed by atoms with Crippen molar-refractivity contribution in [3.05, 3.63) is 12.4 Å². The van der Waals surface area contributed by atoms with Crippen LogP contribution in [0.1, 0.15) is 32.1 Å². The number of aromatic nitrogens is 2. The largest absolute Gasteiger partial charge is 0.468 e. The van der Waals surface area contributed by atoms with E-state index in [0.717, 1.165) is 25.7 Å². The first-order chi connectivity index (χ1) is 10.4. The number of fused-ring (bicyclic) bond motifs is 1. The van der Waals surface area contributed by atoms with E-state index in [0.29, 0.717) is 6.42 Å². The summed E-state index contributed by atoms with van der Waals surface area (Å²) in [5.41, 5.74) is 0. The minimum Gasteiger partial charge on any atom is -0.468 e. The highest BCUT2D eigenvalue weighted by Gasteiger charge is 2.51. The van der Waals surface area contributed by atoms with E-state index in [4.69, 9.17) is 4.74 Å². The fraction of sp³-hybridized carbons (Fsp3) is 0.714. The van der Waals surface area contributed by atoms with Crippen LogP contribution in [0, 0.1) is 5.92 Å². The molecule has 0 aromatic carbocycles. The lowest BCUT2D eigenvalue weighted by Gasteiger charge is -2.31. The van der Waals surface area contributed by atoms with Crippen LogP contribution >= 0.6 is 0 Å². The van der Waals surface area contributed by atoms with Crippen LogP contribution in [0.2, 0.25) is 0 Å². The molecule has 1 saturated heterocycles. The van der Waals surface area contributed by atoms with Crippen molar-refractivity contribution in [3.8, 4) is 0 Å². The topological polar surface area (TPSA) is 81.5 Å². The molecule has 0 N–H and O–H groups in total. The van der Waals surface area contributed by atoms with Gasteiger partial charge in [0.15, 0.2) is 0 Å². The van der Waals surface area contributed by atoms with Gasteiger partial charge in [-0.2, -0.15) is 9.40 Å². The molecule has 122 valence electrons. The highest BCUT2D eigenvalue weighted by atomic mass is 32.2. The van der Waals surface area contributed by atoms with Gasteiger partial charge in [0.1, 0.15) is 10.9 Å². The Labute approximate surface area is 130 Å². The number of esters is 1. The van der Waals surface area contributed by atoms with Gasteiger partial charge in [0.05, 0.1) is 13.3 Å². The normalized spacial score (nSPS) is 29.3. The molecule has 0 bridgehead atoms. The van der Waals surface area contributed by atoms with Gasteiger partial charge in [0, 0.05) is 19.3 Å². The number of carbonyl (C=O) groups excluding carboxylic acids is 1. The van der Waals surface area contributed by atoms with Crippen LogP contribution in [0.15, 0.2) is 17.3 Å². The summed E-state index contributed by atoms with van der Waals surface area (Å²) >= 11 is 0. The first-order valence-electron chi connectivity index (χ1n) is 7.55. The fourth-order valence-corrected chi connectivity index (χ4v) is 5.61. The molecule has 7 nitrogen and oxygen atoms in total. The maximum absolute atomic E-state index is 13.0. The molecule has 0 spiro atoms. The molecular formula is C14H21N3O4S. The Balaban J connectivity index is 2.01. The summed E-state index contributed by atoms with van der Waals surface area (Å²) in [6.07, 6.45) is 7.22. The smallest absolute Gasteiger partial charge is 0.324 e. The van der Waals surface area contributed by atoms with Gasteiger partial charge in [-0.1, -0.05) is 12.8 Å². The van der Waals surface area contributed by atoms with Gasteiger partial charge in [0.25, 0.3) is 0 Å². The number of nitrogens with zero attached hydrogens (tertiary/aromatic N) is 3. The minimum atomic E-state index is -3.74. The van der Waals surface area contributed by atoms with Crippen molar-refractivity contribution in [3.63, 3.8) is 0 Å². The zero-order chi connectivity index (χ0) is 15.9. The Morgan fingerprint density at radius 1 is 1.36 bits per heavy atom. The summed E-state index contributed by atoms with van der Waals surface area (Å²) in [6, 6.07) is -0.827. The van der Waals surface area contributed by atoms with Crippen LogP contribution < -0.4 is 0 Å². The molecule has 1 aromatic heterocycles. The molecule has 3 rings (SSSR count). The molecule has 1 aromatic rings. The summed E-state index contributed by atoms with van der Waals surface area (Å²) in [7, 11) is -0.768. The Morgan fingerprint density at radius 3 is 2.73 bits per heavy atom. The zero-order valence-electron chi connectivity index (χ0n) is 12.8. The Kier molecular flexibility index (Phi) is 3.98. The van der Waals surface area contributed by atoms with Crippen LogP contribution in [0.25, 0.3) is 0 Å². The summed E-state index contributed by atoms with van der Waals surface area (Å²) in [5, 5.41) is 3.94. The lowest BCUT2D eigenvalue weighted by Crippen LogP contribution is -2.46. The molecule has 3 atom stereocenters. The third kappa shape index (κ3) is 2.44.